The summed E-state index contributed by atoms with van der Waals surface area (Å²) in [6.45, 7) is 6.11. The van der Waals surface area contributed by atoms with Crippen LogP contribution in [0.4, 0.5) is 5.82 Å². The predicted molar refractivity (Wildman–Crippen MR) is 54.8 cm³/mol. The SMILES string of the molecule is C=C(C)CN(C)C(=O)c1cn[nH]c1N. The normalized spacial score (nSPS) is 9.86. The van der Waals surface area contributed by atoms with E-state index in [2.05, 4.69) is 16.8 Å². The lowest BCUT2D eigenvalue weighted by molar-refractivity contribution is 0.0808. The second-order valence-electron chi connectivity index (χ2n) is 3.32. The highest BCUT2D eigenvalue weighted by atomic mass is 16.2. The molecule has 1 amide bonds. The number of H-pyrrole nitrogens is 1. The summed E-state index contributed by atoms with van der Waals surface area (Å²) in [7, 11) is 1.70. The minimum absolute atomic E-state index is 0.153. The number of rotatable bonds is 3. The molecule has 0 fully saturated rings. The molecule has 1 rings (SSSR count). The molecule has 5 nitrogen and oxygen atoms in total. The Bertz CT molecular complexity index is 355. The summed E-state index contributed by atoms with van der Waals surface area (Å²) in [5.41, 5.74) is 6.84. The maximum atomic E-state index is 11.7. The lowest BCUT2D eigenvalue weighted by atomic mass is 10.2. The Balaban J connectivity index is 2.76. The number of nitrogens with zero attached hydrogens (tertiary/aromatic N) is 2. The van der Waals surface area contributed by atoms with Crippen LogP contribution in [0.2, 0.25) is 0 Å². The fraction of sp³-hybridized carbons (Fsp3) is 0.333. The largest absolute Gasteiger partial charge is 0.383 e. The van der Waals surface area contributed by atoms with Gasteiger partial charge in [-0.3, -0.25) is 9.89 Å². The van der Waals surface area contributed by atoms with E-state index in [-0.39, 0.29) is 5.91 Å². The molecule has 0 unspecified atom stereocenters. The van der Waals surface area contributed by atoms with Crippen molar-refractivity contribution in [2.24, 2.45) is 0 Å². The molecule has 0 atom stereocenters. The zero-order valence-electron chi connectivity index (χ0n) is 8.37. The van der Waals surface area contributed by atoms with Crippen molar-refractivity contribution in [3.05, 3.63) is 23.9 Å². The Kier molecular flexibility index (Phi) is 2.91. The van der Waals surface area contributed by atoms with Gasteiger partial charge >= 0.3 is 0 Å². The second kappa shape index (κ2) is 3.95. The Morgan fingerprint density at radius 1 is 1.79 bits per heavy atom. The Hall–Kier alpha value is -1.78. The smallest absolute Gasteiger partial charge is 0.259 e. The lowest BCUT2D eigenvalue weighted by Gasteiger charge is -2.16. The lowest BCUT2D eigenvalue weighted by Crippen LogP contribution is -2.28. The van der Waals surface area contributed by atoms with E-state index in [1.54, 1.807) is 11.9 Å². The molecule has 0 spiro atoms. The summed E-state index contributed by atoms with van der Waals surface area (Å²) < 4.78 is 0. The predicted octanol–water partition coefficient (Wildman–Crippen LogP) is 0.640. The van der Waals surface area contributed by atoms with E-state index >= 15 is 0 Å². The van der Waals surface area contributed by atoms with Gasteiger partial charge in [-0.1, -0.05) is 12.2 Å². The molecule has 1 aromatic heterocycles. The maximum absolute atomic E-state index is 11.7. The minimum Gasteiger partial charge on any atom is -0.383 e. The minimum atomic E-state index is -0.153. The maximum Gasteiger partial charge on any atom is 0.259 e. The highest BCUT2D eigenvalue weighted by Crippen LogP contribution is 2.09. The van der Waals surface area contributed by atoms with Gasteiger partial charge < -0.3 is 10.6 Å². The number of amides is 1. The molecule has 0 radical (unpaired) electrons. The van der Waals surface area contributed by atoms with Crippen LogP contribution in [0.25, 0.3) is 0 Å². The zero-order valence-corrected chi connectivity index (χ0v) is 8.37. The van der Waals surface area contributed by atoms with Crippen molar-refractivity contribution in [1.29, 1.82) is 0 Å². The van der Waals surface area contributed by atoms with Crippen LogP contribution in [0.1, 0.15) is 17.3 Å². The number of aromatic nitrogens is 2. The molecular formula is C9H14N4O. The van der Waals surface area contributed by atoms with Gasteiger partial charge in [-0.05, 0) is 6.92 Å². The van der Waals surface area contributed by atoms with Crippen LogP contribution >= 0.6 is 0 Å². The highest BCUT2D eigenvalue weighted by Gasteiger charge is 2.15. The second-order valence-corrected chi connectivity index (χ2v) is 3.32. The van der Waals surface area contributed by atoms with Crippen molar-refractivity contribution in [2.45, 2.75) is 6.92 Å². The molecule has 0 aliphatic heterocycles. The van der Waals surface area contributed by atoms with E-state index in [1.165, 1.54) is 6.20 Å². The van der Waals surface area contributed by atoms with Crippen LogP contribution in [0.15, 0.2) is 18.3 Å². The molecule has 1 heterocycles. The van der Waals surface area contributed by atoms with Gasteiger partial charge in [0.1, 0.15) is 11.4 Å². The fourth-order valence-electron chi connectivity index (χ4n) is 1.15. The first-order valence-corrected chi connectivity index (χ1v) is 4.21. The molecule has 0 saturated heterocycles. The van der Waals surface area contributed by atoms with Crippen LogP contribution < -0.4 is 5.73 Å². The van der Waals surface area contributed by atoms with Gasteiger partial charge in [-0.25, -0.2) is 0 Å². The number of likely N-dealkylation sites (N-methyl/N-ethyl adjacent to an activating group) is 1. The van der Waals surface area contributed by atoms with Crippen molar-refractivity contribution in [3.63, 3.8) is 0 Å². The van der Waals surface area contributed by atoms with E-state index < -0.39 is 0 Å². The molecular weight excluding hydrogens is 180 g/mol. The number of nitrogens with two attached hydrogens (primary N) is 1. The number of hydrogen-bond acceptors (Lipinski definition) is 3. The highest BCUT2D eigenvalue weighted by molar-refractivity contribution is 5.98. The molecule has 0 bridgehead atoms. The van der Waals surface area contributed by atoms with Gasteiger partial charge in [0.25, 0.3) is 5.91 Å². The molecule has 3 N–H and O–H groups in total. The zero-order chi connectivity index (χ0) is 10.7. The topological polar surface area (TPSA) is 75.0 Å². The molecule has 1 aromatic rings. The summed E-state index contributed by atoms with van der Waals surface area (Å²) in [4.78, 5) is 13.3. The first-order chi connectivity index (χ1) is 6.52. The number of anilines is 1. The van der Waals surface area contributed by atoms with E-state index in [0.29, 0.717) is 17.9 Å². The van der Waals surface area contributed by atoms with Gasteiger partial charge in [0.05, 0.1) is 6.20 Å². The van der Waals surface area contributed by atoms with Crippen molar-refractivity contribution in [3.8, 4) is 0 Å². The van der Waals surface area contributed by atoms with Crippen LogP contribution in [-0.4, -0.2) is 34.6 Å². The average molecular weight is 194 g/mol. The van der Waals surface area contributed by atoms with E-state index in [0.717, 1.165) is 5.57 Å². The number of hydrogen-bond donors (Lipinski definition) is 2. The number of nitrogens with one attached hydrogen (secondary N) is 1. The summed E-state index contributed by atoms with van der Waals surface area (Å²) in [6.07, 6.45) is 1.42. The summed E-state index contributed by atoms with van der Waals surface area (Å²) in [6, 6.07) is 0. The van der Waals surface area contributed by atoms with Crippen LogP contribution in [0, 0.1) is 0 Å². The van der Waals surface area contributed by atoms with Crippen molar-refractivity contribution >= 4 is 11.7 Å². The van der Waals surface area contributed by atoms with Crippen molar-refractivity contribution in [1.82, 2.24) is 15.1 Å². The Morgan fingerprint density at radius 3 is 2.86 bits per heavy atom. The summed E-state index contributed by atoms with van der Waals surface area (Å²) in [5.74, 6) is 0.141. The Morgan fingerprint density at radius 2 is 2.43 bits per heavy atom. The molecule has 0 aromatic carbocycles. The van der Waals surface area contributed by atoms with E-state index in [9.17, 15) is 4.79 Å². The van der Waals surface area contributed by atoms with Gasteiger partial charge in [0.15, 0.2) is 0 Å². The molecule has 0 aliphatic rings. The summed E-state index contributed by atoms with van der Waals surface area (Å²) >= 11 is 0. The van der Waals surface area contributed by atoms with Gasteiger partial charge in [-0.15, -0.1) is 0 Å². The van der Waals surface area contributed by atoms with Gasteiger partial charge in [0, 0.05) is 13.6 Å². The molecule has 0 aliphatic carbocycles. The number of nitrogen functional groups attached to an aromatic ring is 1. The van der Waals surface area contributed by atoms with Crippen LogP contribution in [0.5, 0.6) is 0 Å². The third-order valence-electron chi connectivity index (χ3n) is 1.75. The monoisotopic (exact) mass is 194 g/mol. The molecule has 5 heteroatoms. The molecule has 76 valence electrons. The van der Waals surface area contributed by atoms with E-state index in [4.69, 9.17) is 5.73 Å². The van der Waals surface area contributed by atoms with Crippen molar-refractivity contribution in [2.75, 3.05) is 19.3 Å². The number of carbonyl (C=O) groups excluding carboxylic acids is 1. The van der Waals surface area contributed by atoms with Gasteiger partial charge in [0.2, 0.25) is 0 Å². The molecule has 0 saturated carbocycles. The fourth-order valence-corrected chi connectivity index (χ4v) is 1.15. The number of aromatic amines is 1. The third-order valence-corrected chi connectivity index (χ3v) is 1.75. The van der Waals surface area contributed by atoms with Crippen LogP contribution in [0.3, 0.4) is 0 Å². The summed E-state index contributed by atoms with van der Waals surface area (Å²) in [5, 5.41) is 6.20. The first-order valence-electron chi connectivity index (χ1n) is 4.21. The quantitative estimate of drug-likeness (QED) is 0.693. The van der Waals surface area contributed by atoms with E-state index in [1.807, 2.05) is 6.92 Å². The average Bonchev–Trinajstić information content (AvgIpc) is 2.48. The van der Waals surface area contributed by atoms with Crippen molar-refractivity contribution < 1.29 is 4.79 Å². The molecule has 14 heavy (non-hydrogen) atoms. The first kappa shape index (κ1) is 10.3. The van der Waals surface area contributed by atoms with Crippen LogP contribution in [-0.2, 0) is 0 Å². The van der Waals surface area contributed by atoms with Gasteiger partial charge in [-0.2, -0.15) is 5.10 Å². The standard InChI is InChI=1S/C9H14N4O/c1-6(2)5-13(3)9(14)7-4-11-12-8(7)10/h4H,1,5H2,2-3H3,(H3,10,11,12). The Labute approximate surface area is 82.6 Å². The number of carbonyl (C=O) groups is 1. The third kappa shape index (κ3) is 2.12.